The van der Waals surface area contributed by atoms with Crippen molar-refractivity contribution in [2.75, 3.05) is 6.61 Å². The number of hydrogen-bond donors (Lipinski definition) is 2. The number of nitrogens with one attached hydrogen (secondary N) is 1. The van der Waals surface area contributed by atoms with Crippen LogP contribution in [-0.4, -0.2) is 35.4 Å². The molecule has 19 heavy (non-hydrogen) atoms. The maximum Gasteiger partial charge on any atom is 0.323 e. The second-order valence-corrected chi connectivity index (χ2v) is 6.55. The molecule has 4 nitrogen and oxygen atoms in total. The van der Waals surface area contributed by atoms with Crippen molar-refractivity contribution in [1.29, 1.82) is 0 Å². The normalized spacial score (nSPS) is 25.2. The summed E-state index contributed by atoms with van der Waals surface area (Å²) in [5.74, 6) is -0.0781. The van der Waals surface area contributed by atoms with E-state index in [2.05, 4.69) is 5.32 Å². The Labute approximate surface area is 115 Å². The van der Waals surface area contributed by atoms with Crippen molar-refractivity contribution in [3.05, 3.63) is 0 Å². The molecule has 2 N–H and O–H groups in total. The third-order valence-electron chi connectivity index (χ3n) is 4.36. The molecule has 4 heteroatoms. The Hall–Kier alpha value is -0.610. The molecule has 0 aromatic rings. The van der Waals surface area contributed by atoms with Crippen LogP contribution in [-0.2, 0) is 9.53 Å². The lowest BCUT2D eigenvalue weighted by Gasteiger charge is -2.29. The van der Waals surface area contributed by atoms with Gasteiger partial charge in [0.05, 0.1) is 6.10 Å². The average molecular weight is 269 g/mol. The van der Waals surface area contributed by atoms with E-state index in [0.29, 0.717) is 18.4 Å². The van der Waals surface area contributed by atoms with Gasteiger partial charge < -0.3 is 9.84 Å². The predicted octanol–water partition coefficient (Wildman–Crippen LogP) is 2.57. The maximum atomic E-state index is 11.5. The Balaban J connectivity index is 1.76. The van der Waals surface area contributed by atoms with Gasteiger partial charge in [0.1, 0.15) is 5.54 Å². The fourth-order valence-electron chi connectivity index (χ4n) is 3.00. The minimum atomic E-state index is -0.851. The van der Waals surface area contributed by atoms with E-state index in [4.69, 9.17) is 4.74 Å². The summed E-state index contributed by atoms with van der Waals surface area (Å²) in [5, 5.41) is 12.7. The Morgan fingerprint density at radius 1 is 1.37 bits per heavy atom. The van der Waals surface area contributed by atoms with E-state index < -0.39 is 11.5 Å². The average Bonchev–Trinajstić information content (AvgIpc) is 2.99. The third-order valence-corrected chi connectivity index (χ3v) is 4.36. The molecule has 2 atom stereocenters. The van der Waals surface area contributed by atoms with Crippen LogP contribution in [0.3, 0.4) is 0 Å². The molecule has 2 rings (SSSR count). The Bertz CT molecular complexity index is 311. The molecular formula is C15H27NO3. The molecular weight excluding hydrogens is 242 g/mol. The zero-order chi connectivity index (χ0) is 13.9. The molecule has 2 saturated carbocycles. The van der Waals surface area contributed by atoms with Crippen LogP contribution in [0.1, 0.15) is 58.8 Å². The van der Waals surface area contributed by atoms with E-state index in [0.717, 1.165) is 19.4 Å². The standard InChI is InChI=1S/C15H27NO3/c1-11(19-10-12-5-3-4-6-12)9-15(2,14(17)18)16-13-7-8-13/h11-13,16H,3-10H2,1-2H3,(H,17,18). The van der Waals surface area contributed by atoms with Gasteiger partial charge in [-0.05, 0) is 45.4 Å². The van der Waals surface area contributed by atoms with Gasteiger partial charge in [-0.3, -0.25) is 10.1 Å². The fraction of sp³-hybridized carbons (Fsp3) is 0.933. The van der Waals surface area contributed by atoms with Crippen LogP contribution in [0.25, 0.3) is 0 Å². The van der Waals surface area contributed by atoms with E-state index in [1.165, 1.54) is 25.7 Å². The van der Waals surface area contributed by atoms with Crippen LogP contribution in [0.5, 0.6) is 0 Å². The molecule has 2 aliphatic carbocycles. The van der Waals surface area contributed by atoms with Crippen LogP contribution >= 0.6 is 0 Å². The molecule has 0 spiro atoms. The lowest BCUT2D eigenvalue weighted by molar-refractivity contribution is -0.146. The van der Waals surface area contributed by atoms with Crippen molar-refractivity contribution < 1.29 is 14.6 Å². The van der Waals surface area contributed by atoms with Gasteiger partial charge in [-0.15, -0.1) is 0 Å². The summed E-state index contributed by atoms with van der Waals surface area (Å²) in [4.78, 5) is 11.5. The predicted molar refractivity (Wildman–Crippen MR) is 74.2 cm³/mol. The smallest absolute Gasteiger partial charge is 0.323 e. The van der Waals surface area contributed by atoms with E-state index in [1.54, 1.807) is 6.92 Å². The number of carboxylic acid groups (broad SMARTS) is 1. The number of rotatable bonds is 8. The summed E-state index contributed by atoms with van der Waals surface area (Å²) in [5.41, 5.74) is -0.851. The van der Waals surface area contributed by atoms with Gasteiger partial charge in [0.15, 0.2) is 0 Å². The molecule has 0 aliphatic heterocycles. The first-order valence-electron chi connectivity index (χ1n) is 7.62. The summed E-state index contributed by atoms with van der Waals surface area (Å²) in [6, 6.07) is 0.392. The van der Waals surface area contributed by atoms with Crippen LogP contribution in [0.15, 0.2) is 0 Å². The minimum Gasteiger partial charge on any atom is -0.480 e. The highest BCUT2D eigenvalue weighted by molar-refractivity contribution is 5.78. The summed E-state index contributed by atoms with van der Waals surface area (Å²) < 4.78 is 5.87. The zero-order valence-electron chi connectivity index (χ0n) is 12.2. The van der Waals surface area contributed by atoms with Crippen molar-refractivity contribution in [3.8, 4) is 0 Å². The van der Waals surface area contributed by atoms with E-state index in [1.807, 2.05) is 6.92 Å². The summed E-state index contributed by atoms with van der Waals surface area (Å²) in [6.07, 6.45) is 7.89. The third kappa shape index (κ3) is 4.46. The second-order valence-electron chi connectivity index (χ2n) is 6.55. The van der Waals surface area contributed by atoms with E-state index >= 15 is 0 Å². The molecule has 0 heterocycles. The number of carbonyl (C=O) groups is 1. The number of hydrogen-bond acceptors (Lipinski definition) is 3. The molecule has 0 bridgehead atoms. The lowest BCUT2D eigenvalue weighted by atomic mass is 9.94. The van der Waals surface area contributed by atoms with Gasteiger partial charge in [-0.1, -0.05) is 12.8 Å². The summed E-state index contributed by atoms with van der Waals surface area (Å²) in [6.45, 7) is 4.56. The van der Waals surface area contributed by atoms with Gasteiger partial charge in [0.2, 0.25) is 0 Å². The van der Waals surface area contributed by atoms with Crippen molar-refractivity contribution in [3.63, 3.8) is 0 Å². The molecule has 2 unspecified atom stereocenters. The summed E-state index contributed by atoms with van der Waals surface area (Å²) in [7, 11) is 0. The van der Waals surface area contributed by atoms with Crippen LogP contribution in [0.2, 0.25) is 0 Å². The SMILES string of the molecule is CC(CC(C)(NC1CC1)C(=O)O)OCC1CCCC1. The minimum absolute atomic E-state index is 0.00653. The highest BCUT2D eigenvalue weighted by Gasteiger charge is 2.39. The summed E-state index contributed by atoms with van der Waals surface area (Å²) >= 11 is 0. The molecule has 2 fully saturated rings. The number of ether oxygens (including phenoxy) is 1. The Morgan fingerprint density at radius 3 is 2.53 bits per heavy atom. The van der Waals surface area contributed by atoms with Crippen molar-refractivity contribution in [2.24, 2.45) is 5.92 Å². The van der Waals surface area contributed by atoms with Crippen molar-refractivity contribution in [1.82, 2.24) is 5.32 Å². The highest BCUT2D eigenvalue weighted by Crippen LogP contribution is 2.27. The van der Waals surface area contributed by atoms with Crippen LogP contribution < -0.4 is 5.32 Å². The van der Waals surface area contributed by atoms with Gasteiger partial charge in [0, 0.05) is 19.1 Å². The van der Waals surface area contributed by atoms with Crippen LogP contribution in [0.4, 0.5) is 0 Å². The Kier molecular flexibility index (Phi) is 4.85. The van der Waals surface area contributed by atoms with Crippen LogP contribution in [0, 0.1) is 5.92 Å². The zero-order valence-corrected chi connectivity index (χ0v) is 12.2. The molecule has 0 aromatic carbocycles. The van der Waals surface area contributed by atoms with E-state index in [9.17, 15) is 9.90 Å². The topological polar surface area (TPSA) is 58.6 Å². The van der Waals surface area contributed by atoms with Gasteiger partial charge in [-0.2, -0.15) is 0 Å². The monoisotopic (exact) mass is 269 g/mol. The first kappa shape index (κ1) is 14.8. The largest absolute Gasteiger partial charge is 0.480 e. The van der Waals surface area contributed by atoms with Crippen molar-refractivity contribution >= 4 is 5.97 Å². The molecule has 0 aromatic heterocycles. The maximum absolute atomic E-state index is 11.5. The molecule has 0 saturated heterocycles. The second kappa shape index (κ2) is 6.23. The molecule has 2 aliphatic rings. The van der Waals surface area contributed by atoms with Crippen molar-refractivity contribution in [2.45, 2.75) is 76.5 Å². The first-order valence-corrected chi connectivity index (χ1v) is 7.62. The quantitative estimate of drug-likeness (QED) is 0.711. The molecule has 0 amide bonds. The fourth-order valence-corrected chi connectivity index (χ4v) is 3.00. The van der Waals surface area contributed by atoms with Gasteiger partial charge >= 0.3 is 5.97 Å². The highest BCUT2D eigenvalue weighted by atomic mass is 16.5. The first-order chi connectivity index (χ1) is 8.99. The molecule has 110 valence electrons. The number of aliphatic carboxylic acids is 1. The number of carboxylic acids is 1. The van der Waals surface area contributed by atoms with Gasteiger partial charge in [0.25, 0.3) is 0 Å². The molecule has 0 radical (unpaired) electrons. The Morgan fingerprint density at radius 2 is 2.00 bits per heavy atom. The van der Waals surface area contributed by atoms with Gasteiger partial charge in [-0.25, -0.2) is 0 Å². The lowest BCUT2D eigenvalue weighted by Crippen LogP contribution is -2.52. The van der Waals surface area contributed by atoms with E-state index in [-0.39, 0.29) is 6.10 Å².